The van der Waals surface area contributed by atoms with Crippen LogP contribution in [0.3, 0.4) is 0 Å². The lowest BCUT2D eigenvalue weighted by molar-refractivity contribution is -0.139. The Balaban J connectivity index is 1.73. The second-order valence-electron chi connectivity index (χ2n) is 5.86. The van der Waals surface area contributed by atoms with Crippen LogP contribution in [0.1, 0.15) is 23.7 Å². The third-order valence-corrected chi connectivity index (χ3v) is 4.60. The number of hydrogen-bond donors (Lipinski definition) is 0. The summed E-state index contributed by atoms with van der Waals surface area (Å²) in [5.74, 6) is -1.13. The Hall–Kier alpha value is -2.47. The largest absolute Gasteiger partial charge is 0.425 e. The first kappa shape index (κ1) is 17.4. The molecule has 2 aromatic carbocycles. The molecule has 0 unspecified atom stereocenters. The number of benzene rings is 2. The Bertz CT molecular complexity index is 832. The van der Waals surface area contributed by atoms with E-state index >= 15 is 0 Å². The van der Waals surface area contributed by atoms with Gasteiger partial charge in [-0.25, -0.2) is 0 Å². The van der Waals surface area contributed by atoms with Gasteiger partial charge in [0.2, 0.25) is 5.91 Å². The first-order chi connectivity index (χ1) is 12.0. The van der Waals surface area contributed by atoms with Crippen molar-refractivity contribution >= 4 is 39.3 Å². The van der Waals surface area contributed by atoms with E-state index in [1.165, 1.54) is 6.92 Å². The first-order valence-electron chi connectivity index (χ1n) is 7.83. The smallest absolute Gasteiger partial charge is 0.316 e. The van der Waals surface area contributed by atoms with Crippen molar-refractivity contribution in [2.75, 3.05) is 11.4 Å². The van der Waals surface area contributed by atoms with E-state index in [0.717, 1.165) is 10.2 Å². The highest BCUT2D eigenvalue weighted by molar-refractivity contribution is 9.10. The van der Waals surface area contributed by atoms with E-state index in [9.17, 15) is 14.4 Å². The van der Waals surface area contributed by atoms with Crippen LogP contribution < -0.4 is 9.64 Å². The summed E-state index contributed by atoms with van der Waals surface area (Å²) in [5.41, 5.74) is 1.09. The number of carbonyl (C=O) groups is 3. The molecule has 1 aliphatic rings. The maximum Gasteiger partial charge on any atom is 0.316 e. The summed E-state index contributed by atoms with van der Waals surface area (Å²) in [7, 11) is 0. The van der Waals surface area contributed by atoms with E-state index in [4.69, 9.17) is 4.74 Å². The van der Waals surface area contributed by atoms with Crippen LogP contribution in [0, 0.1) is 5.92 Å². The van der Waals surface area contributed by atoms with Gasteiger partial charge < -0.3 is 9.64 Å². The van der Waals surface area contributed by atoms with Crippen molar-refractivity contribution in [3.63, 3.8) is 0 Å². The van der Waals surface area contributed by atoms with Gasteiger partial charge in [-0.2, -0.15) is 0 Å². The molecule has 1 fully saturated rings. The van der Waals surface area contributed by atoms with Crippen molar-refractivity contribution in [3.8, 4) is 5.75 Å². The van der Waals surface area contributed by atoms with Gasteiger partial charge in [0.05, 0.1) is 11.5 Å². The minimum absolute atomic E-state index is 0.0944. The van der Waals surface area contributed by atoms with Crippen molar-refractivity contribution < 1.29 is 19.1 Å². The number of Topliss-reactive ketones (excluding diaryl/α,β-unsaturated/α-hetero) is 1. The highest BCUT2D eigenvalue weighted by atomic mass is 79.9. The molecule has 0 N–H and O–H groups in total. The van der Waals surface area contributed by atoms with Gasteiger partial charge in [0, 0.05) is 23.1 Å². The fourth-order valence-corrected chi connectivity index (χ4v) is 3.04. The molecule has 128 valence electrons. The van der Waals surface area contributed by atoms with Crippen molar-refractivity contribution in [1.29, 1.82) is 0 Å². The van der Waals surface area contributed by atoms with Crippen molar-refractivity contribution in [3.05, 3.63) is 58.6 Å². The van der Waals surface area contributed by atoms with E-state index in [0.29, 0.717) is 5.56 Å². The lowest BCUT2D eigenvalue weighted by Crippen LogP contribution is -2.27. The predicted molar refractivity (Wildman–Crippen MR) is 96.7 cm³/mol. The number of ketones is 1. The maximum atomic E-state index is 12.4. The first-order valence-corrected chi connectivity index (χ1v) is 8.62. The summed E-state index contributed by atoms with van der Waals surface area (Å²) in [6.45, 7) is 1.68. The number of carbonyl (C=O) groups excluding carboxylic acids is 3. The number of rotatable bonds is 4. The fraction of sp³-hybridized carbons (Fsp3) is 0.211. The van der Waals surface area contributed by atoms with Gasteiger partial charge in [0.25, 0.3) is 0 Å². The molecule has 1 saturated heterocycles. The van der Waals surface area contributed by atoms with Crippen LogP contribution in [0.25, 0.3) is 0 Å². The molecule has 1 aliphatic heterocycles. The van der Waals surface area contributed by atoms with Gasteiger partial charge in [-0.3, -0.25) is 14.4 Å². The molecule has 1 amide bonds. The van der Waals surface area contributed by atoms with Crippen molar-refractivity contribution in [1.82, 2.24) is 0 Å². The third kappa shape index (κ3) is 3.79. The average Bonchev–Trinajstić information content (AvgIpc) is 2.98. The molecule has 1 heterocycles. The standard InChI is InChI=1S/C19H16BrNO4/c1-12(22)16-4-2-3-5-17(16)25-19(24)13-10-18(23)21(11-13)15-8-6-14(20)7-9-15/h2-9,13H,10-11H2,1H3/t13-/m0/s1. The summed E-state index contributed by atoms with van der Waals surface area (Å²) in [5, 5.41) is 0. The zero-order valence-corrected chi connectivity index (χ0v) is 15.2. The van der Waals surface area contributed by atoms with Gasteiger partial charge >= 0.3 is 5.97 Å². The summed E-state index contributed by atoms with van der Waals surface area (Å²) >= 11 is 3.35. The Morgan fingerprint density at radius 1 is 1.12 bits per heavy atom. The minimum Gasteiger partial charge on any atom is -0.425 e. The van der Waals surface area contributed by atoms with Gasteiger partial charge in [-0.15, -0.1) is 0 Å². The number of hydrogen-bond acceptors (Lipinski definition) is 4. The number of nitrogens with zero attached hydrogens (tertiary/aromatic N) is 1. The zero-order valence-electron chi connectivity index (χ0n) is 13.6. The number of para-hydroxylation sites is 1. The summed E-state index contributed by atoms with van der Waals surface area (Å²) < 4.78 is 6.31. The monoisotopic (exact) mass is 401 g/mol. The van der Waals surface area contributed by atoms with Gasteiger partial charge in [-0.1, -0.05) is 28.1 Å². The van der Waals surface area contributed by atoms with Gasteiger partial charge in [0.1, 0.15) is 5.75 Å². The molecule has 0 bridgehead atoms. The summed E-state index contributed by atoms with van der Waals surface area (Å²) in [6.07, 6.45) is 0.0944. The van der Waals surface area contributed by atoms with E-state index in [1.54, 1.807) is 29.2 Å². The third-order valence-electron chi connectivity index (χ3n) is 4.07. The number of esters is 1. The highest BCUT2D eigenvalue weighted by Gasteiger charge is 2.36. The van der Waals surface area contributed by atoms with E-state index < -0.39 is 11.9 Å². The SMILES string of the molecule is CC(=O)c1ccccc1OC(=O)[C@H]1CC(=O)N(c2ccc(Br)cc2)C1. The number of amides is 1. The number of anilines is 1. The molecule has 0 aliphatic carbocycles. The maximum absolute atomic E-state index is 12.4. The molecular weight excluding hydrogens is 386 g/mol. The molecule has 6 heteroatoms. The van der Waals surface area contributed by atoms with Gasteiger partial charge in [0.15, 0.2) is 5.78 Å². The average molecular weight is 402 g/mol. The van der Waals surface area contributed by atoms with Crippen LogP contribution in [0.4, 0.5) is 5.69 Å². The topological polar surface area (TPSA) is 63.7 Å². The fourth-order valence-electron chi connectivity index (χ4n) is 2.77. The zero-order chi connectivity index (χ0) is 18.0. The lowest BCUT2D eigenvalue weighted by atomic mass is 10.1. The van der Waals surface area contributed by atoms with Crippen molar-refractivity contribution in [2.24, 2.45) is 5.92 Å². The van der Waals surface area contributed by atoms with E-state index in [1.807, 2.05) is 24.3 Å². The Morgan fingerprint density at radius 2 is 1.80 bits per heavy atom. The molecule has 2 aromatic rings. The van der Waals surface area contributed by atoms with E-state index in [-0.39, 0.29) is 30.4 Å². The second kappa shape index (κ2) is 7.19. The van der Waals surface area contributed by atoms with Crippen LogP contribution in [0.5, 0.6) is 5.75 Å². The highest BCUT2D eigenvalue weighted by Crippen LogP contribution is 2.28. The Labute approximate surface area is 153 Å². The quantitative estimate of drug-likeness (QED) is 0.445. The van der Waals surface area contributed by atoms with Crippen molar-refractivity contribution in [2.45, 2.75) is 13.3 Å². The molecule has 1 atom stereocenters. The van der Waals surface area contributed by atoms with Crippen LogP contribution in [-0.2, 0) is 9.59 Å². The van der Waals surface area contributed by atoms with Crippen LogP contribution in [0.15, 0.2) is 53.0 Å². The molecule has 0 spiro atoms. The molecular formula is C19H16BrNO4. The molecule has 3 rings (SSSR count). The molecule has 0 aromatic heterocycles. The Kier molecular flexibility index (Phi) is 4.99. The normalized spacial score (nSPS) is 16.8. The molecule has 5 nitrogen and oxygen atoms in total. The number of ether oxygens (including phenoxy) is 1. The van der Waals surface area contributed by atoms with E-state index in [2.05, 4.69) is 15.9 Å². The summed E-state index contributed by atoms with van der Waals surface area (Å²) in [4.78, 5) is 37.9. The second-order valence-corrected chi connectivity index (χ2v) is 6.77. The van der Waals surface area contributed by atoms with Crippen LogP contribution in [0.2, 0.25) is 0 Å². The lowest BCUT2D eigenvalue weighted by Gasteiger charge is -2.16. The molecule has 0 saturated carbocycles. The minimum atomic E-state index is -0.559. The molecule has 25 heavy (non-hydrogen) atoms. The van der Waals surface area contributed by atoms with Gasteiger partial charge in [-0.05, 0) is 43.3 Å². The summed E-state index contributed by atoms with van der Waals surface area (Å²) in [6, 6.07) is 13.9. The predicted octanol–water partition coefficient (Wildman–Crippen LogP) is 3.61. The molecule has 0 radical (unpaired) electrons. The van der Waals surface area contributed by atoms with Crippen LogP contribution >= 0.6 is 15.9 Å². The Morgan fingerprint density at radius 3 is 2.48 bits per heavy atom. The number of halogens is 1. The van der Waals surface area contributed by atoms with Crippen LogP contribution in [-0.4, -0.2) is 24.2 Å².